The molecule has 0 bridgehead atoms. The maximum Gasteiger partial charge on any atom is 0.311 e. The lowest BCUT2D eigenvalue weighted by atomic mass is 9.78. The largest absolute Gasteiger partial charge is 0.475 e. The zero-order chi connectivity index (χ0) is 29.5. The molecule has 2 unspecified atom stereocenters. The monoisotopic (exact) mass is 572 g/mol. The molecule has 0 saturated carbocycles. The average Bonchev–Trinajstić information content (AvgIpc) is 3.31. The Bertz CT molecular complexity index is 1220. The second-order valence-electron chi connectivity index (χ2n) is 11.9. The number of hydrogen-bond donors (Lipinski definition) is 0. The number of aryl methyl sites for hydroxylation is 2. The summed E-state index contributed by atoms with van der Waals surface area (Å²) in [5, 5.41) is 0. The number of carbonyl (C=O) groups is 2. The number of nitrogens with zero attached hydrogens (tertiary/aromatic N) is 3. The first kappa shape index (κ1) is 31.7. The first-order valence-electron chi connectivity index (χ1n) is 14.3. The van der Waals surface area contributed by atoms with Crippen LogP contribution in [0.2, 0.25) is 0 Å². The SMILES string of the molecule is CCCCCCOc1nsnc1C1=CCC[N+](C)(C(C)OC(=O)CC(C)(C)c2c(C)cc(C)cc2OC(C)=O)C1. The fraction of sp³-hybridized carbons (Fsp3) is 0.613. The molecule has 3 rings (SSSR count). The van der Waals surface area contributed by atoms with Crippen LogP contribution >= 0.6 is 11.7 Å². The van der Waals surface area contributed by atoms with Gasteiger partial charge in [0.15, 0.2) is 0 Å². The molecule has 2 heterocycles. The van der Waals surface area contributed by atoms with Crippen LogP contribution in [0.4, 0.5) is 0 Å². The van der Waals surface area contributed by atoms with E-state index in [2.05, 4.69) is 28.8 Å². The van der Waals surface area contributed by atoms with Crippen molar-refractivity contribution in [2.45, 2.75) is 98.6 Å². The highest BCUT2D eigenvalue weighted by atomic mass is 32.1. The van der Waals surface area contributed by atoms with Gasteiger partial charge in [0.05, 0.1) is 38.3 Å². The predicted molar refractivity (Wildman–Crippen MR) is 158 cm³/mol. The lowest BCUT2D eigenvalue weighted by molar-refractivity contribution is -0.944. The van der Waals surface area contributed by atoms with E-state index in [1.54, 1.807) is 0 Å². The van der Waals surface area contributed by atoms with Gasteiger partial charge in [0.25, 0.3) is 5.88 Å². The van der Waals surface area contributed by atoms with Gasteiger partial charge in [-0.05, 0) is 37.5 Å². The van der Waals surface area contributed by atoms with Crippen LogP contribution in [0, 0.1) is 13.8 Å². The highest BCUT2D eigenvalue weighted by Crippen LogP contribution is 2.39. The van der Waals surface area contributed by atoms with E-state index in [-0.39, 0.29) is 24.6 Å². The van der Waals surface area contributed by atoms with Crippen LogP contribution < -0.4 is 9.47 Å². The fourth-order valence-corrected chi connectivity index (χ4v) is 6.09. The zero-order valence-corrected chi connectivity index (χ0v) is 26.3. The minimum Gasteiger partial charge on any atom is -0.475 e. The maximum atomic E-state index is 13.3. The smallest absolute Gasteiger partial charge is 0.311 e. The first-order valence-corrected chi connectivity index (χ1v) is 15.1. The predicted octanol–water partition coefficient (Wildman–Crippen LogP) is 6.53. The molecule has 0 N–H and O–H groups in total. The summed E-state index contributed by atoms with van der Waals surface area (Å²) in [7, 11) is 2.12. The molecule has 1 aliphatic heterocycles. The maximum absolute atomic E-state index is 13.3. The summed E-state index contributed by atoms with van der Waals surface area (Å²) in [4.78, 5) is 25.1. The molecule has 0 radical (unpaired) electrons. The van der Waals surface area contributed by atoms with Gasteiger partial charge in [0.2, 0.25) is 6.23 Å². The van der Waals surface area contributed by atoms with Crippen molar-refractivity contribution in [1.82, 2.24) is 8.75 Å². The van der Waals surface area contributed by atoms with Crippen LogP contribution in [-0.4, -0.2) is 58.1 Å². The zero-order valence-electron chi connectivity index (χ0n) is 25.5. The summed E-state index contributed by atoms with van der Waals surface area (Å²) in [6.45, 7) is 15.6. The molecule has 1 aliphatic rings. The number of likely N-dealkylation sites (N-methyl/N-ethyl adjacent to an activating group) is 1. The van der Waals surface area contributed by atoms with Gasteiger partial charge in [-0.15, -0.1) is 4.37 Å². The third-order valence-corrected chi connectivity index (χ3v) is 8.21. The molecule has 2 aromatic rings. The molecule has 0 aliphatic carbocycles. The Labute approximate surface area is 243 Å². The minimum atomic E-state index is -0.597. The molecule has 2 atom stereocenters. The second kappa shape index (κ2) is 13.7. The van der Waals surface area contributed by atoms with Crippen LogP contribution in [0.25, 0.3) is 5.57 Å². The highest BCUT2D eigenvalue weighted by Gasteiger charge is 2.38. The molecule has 0 spiro atoms. The Balaban J connectivity index is 1.67. The van der Waals surface area contributed by atoms with Crippen molar-refractivity contribution >= 4 is 29.2 Å². The van der Waals surface area contributed by atoms with Crippen molar-refractivity contribution in [3.63, 3.8) is 0 Å². The normalized spacial score (nSPS) is 18.1. The summed E-state index contributed by atoms with van der Waals surface area (Å²) in [5.41, 5.74) is 4.11. The van der Waals surface area contributed by atoms with Gasteiger partial charge in [-0.2, -0.15) is 4.37 Å². The van der Waals surface area contributed by atoms with E-state index in [1.807, 2.05) is 46.8 Å². The minimum absolute atomic E-state index is 0.157. The fourth-order valence-electron chi connectivity index (χ4n) is 5.56. The summed E-state index contributed by atoms with van der Waals surface area (Å²) < 4.78 is 27.1. The van der Waals surface area contributed by atoms with E-state index in [1.165, 1.54) is 31.5 Å². The molecule has 0 fully saturated rings. The summed E-state index contributed by atoms with van der Waals surface area (Å²) in [6.07, 6.45) is 7.40. The molecule has 0 saturated heterocycles. The third kappa shape index (κ3) is 8.13. The third-order valence-electron chi connectivity index (χ3n) is 7.70. The van der Waals surface area contributed by atoms with E-state index < -0.39 is 5.41 Å². The van der Waals surface area contributed by atoms with Gasteiger partial charge in [-0.25, -0.2) is 0 Å². The van der Waals surface area contributed by atoms with E-state index >= 15 is 0 Å². The van der Waals surface area contributed by atoms with E-state index in [0.717, 1.165) is 53.8 Å². The molecular weight excluding hydrogens is 526 g/mol. The Morgan fingerprint density at radius 3 is 2.60 bits per heavy atom. The highest BCUT2D eigenvalue weighted by molar-refractivity contribution is 6.99. The van der Waals surface area contributed by atoms with E-state index in [9.17, 15) is 9.59 Å². The number of unbranched alkanes of at least 4 members (excludes halogenated alkanes) is 3. The number of ether oxygens (including phenoxy) is 3. The molecule has 0 amide bonds. The number of rotatable bonds is 13. The molecule has 1 aromatic heterocycles. The van der Waals surface area contributed by atoms with Crippen LogP contribution in [0.15, 0.2) is 18.2 Å². The van der Waals surface area contributed by atoms with E-state index in [4.69, 9.17) is 14.2 Å². The lowest BCUT2D eigenvalue weighted by Gasteiger charge is -2.41. The Kier molecular flexibility index (Phi) is 10.9. The quantitative estimate of drug-likeness (QED) is 0.117. The molecular formula is C31H46N3O5S+. The Hall–Kier alpha value is -2.78. The number of benzene rings is 1. The standard InChI is InChI=1S/C31H46N3O5S/c1-9-10-11-12-16-37-30-29(32-40-33-30)25-14-13-15-34(8,20-25)23(4)38-27(36)19-31(6,7)28-22(3)17-21(2)18-26(28)39-24(5)35/h14,17-18,23H,9-13,15-16,19-20H2,1-8H3/q+1. The van der Waals surface area contributed by atoms with Gasteiger partial charge < -0.3 is 14.2 Å². The van der Waals surface area contributed by atoms with E-state index in [0.29, 0.717) is 29.3 Å². The van der Waals surface area contributed by atoms with Crippen molar-refractivity contribution in [3.05, 3.63) is 40.6 Å². The second-order valence-corrected chi connectivity index (χ2v) is 12.4. The van der Waals surface area contributed by atoms with Crippen LogP contribution in [0.5, 0.6) is 11.6 Å². The number of aromatic nitrogens is 2. The summed E-state index contributed by atoms with van der Waals surface area (Å²) >= 11 is 1.17. The molecule has 1 aromatic carbocycles. The van der Waals surface area contributed by atoms with Gasteiger partial charge in [-0.1, -0.05) is 52.2 Å². The topological polar surface area (TPSA) is 87.6 Å². The molecule has 40 heavy (non-hydrogen) atoms. The van der Waals surface area contributed by atoms with Crippen molar-refractivity contribution in [1.29, 1.82) is 0 Å². The summed E-state index contributed by atoms with van der Waals surface area (Å²) in [6, 6.07) is 3.89. The summed E-state index contributed by atoms with van der Waals surface area (Å²) in [5.74, 6) is 0.434. The molecule has 8 nitrogen and oxygen atoms in total. The number of hydrogen-bond acceptors (Lipinski definition) is 8. The number of quaternary nitrogens is 1. The van der Waals surface area contributed by atoms with Crippen molar-refractivity contribution in [2.24, 2.45) is 0 Å². The van der Waals surface area contributed by atoms with Crippen LogP contribution in [0.1, 0.15) is 95.5 Å². The Morgan fingerprint density at radius 2 is 1.90 bits per heavy atom. The lowest BCUT2D eigenvalue weighted by Crippen LogP contribution is -2.55. The number of carbonyl (C=O) groups excluding carboxylic acids is 2. The molecule has 220 valence electrons. The average molecular weight is 573 g/mol. The Morgan fingerprint density at radius 1 is 1.15 bits per heavy atom. The molecule has 9 heteroatoms. The van der Waals surface area contributed by atoms with Gasteiger partial charge in [0, 0.05) is 36.8 Å². The first-order chi connectivity index (χ1) is 18.9. The van der Waals surface area contributed by atoms with Crippen LogP contribution in [-0.2, 0) is 19.7 Å². The van der Waals surface area contributed by atoms with Crippen molar-refractivity contribution < 1.29 is 28.3 Å². The van der Waals surface area contributed by atoms with Crippen LogP contribution in [0.3, 0.4) is 0 Å². The van der Waals surface area contributed by atoms with Crippen molar-refractivity contribution in [2.75, 3.05) is 26.7 Å². The van der Waals surface area contributed by atoms with Gasteiger partial charge >= 0.3 is 11.9 Å². The number of esters is 2. The van der Waals surface area contributed by atoms with Gasteiger partial charge in [0.1, 0.15) is 18.0 Å². The van der Waals surface area contributed by atoms with Crippen molar-refractivity contribution in [3.8, 4) is 11.6 Å². The van der Waals surface area contributed by atoms with Gasteiger partial charge in [-0.3, -0.25) is 14.1 Å².